The van der Waals surface area contributed by atoms with E-state index in [2.05, 4.69) is 10.5 Å². The molecule has 2 aromatic rings. The second-order valence-corrected chi connectivity index (χ2v) is 7.14. The van der Waals surface area contributed by atoms with Gasteiger partial charge in [0.05, 0.1) is 5.56 Å². The normalized spacial score (nSPS) is 19.5. The maximum absolute atomic E-state index is 13.1. The summed E-state index contributed by atoms with van der Waals surface area (Å²) in [6.45, 7) is 3.36. The van der Waals surface area contributed by atoms with Crippen LogP contribution in [0, 0.1) is 6.92 Å². The zero-order valence-corrected chi connectivity index (χ0v) is 15.4. The molecule has 2 aliphatic rings. The largest absolute Gasteiger partial charge is 0.379 e. The van der Waals surface area contributed by atoms with E-state index in [-0.39, 0.29) is 17.7 Å². The van der Waals surface area contributed by atoms with Crippen molar-refractivity contribution in [1.82, 2.24) is 15.4 Å². The van der Waals surface area contributed by atoms with Crippen LogP contribution in [-0.4, -0.2) is 40.9 Å². The number of carbonyl (C=O) groups excluding carboxylic acids is 2. The molecule has 0 aliphatic carbocycles. The van der Waals surface area contributed by atoms with Gasteiger partial charge in [0, 0.05) is 36.8 Å². The second kappa shape index (κ2) is 7.39. The molecular weight excluding hydrogens is 342 g/mol. The van der Waals surface area contributed by atoms with Crippen LogP contribution in [0.15, 0.2) is 46.6 Å². The van der Waals surface area contributed by atoms with Crippen molar-refractivity contribution in [3.8, 4) is 11.3 Å². The van der Waals surface area contributed by atoms with Gasteiger partial charge in [-0.15, -0.1) is 0 Å². The Morgan fingerprint density at radius 1 is 1.15 bits per heavy atom. The Hall–Kier alpha value is -2.89. The number of hydrogen-bond acceptors (Lipinski definition) is 5. The van der Waals surface area contributed by atoms with Crippen molar-refractivity contribution >= 4 is 11.7 Å². The van der Waals surface area contributed by atoms with Gasteiger partial charge in [-0.1, -0.05) is 35.5 Å². The number of nitrogens with zero attached hydrogens (tertiary/aromatic N) is 2. The van der Waals surface area contributed by atoms with E-state index in [1.54, 1.807) is 13.1 Å². The van der Waals surface area contributed by atoms with Crippen molar-refractivity contribution in [3.05, 3.63) is 53.4 Å². The first-order valence-electron chi connectivity index (χ1n) is 9.45. The van der Waals surface area contributed by atoms with E-state index in [1.165, 1.54) is 6.42 Å². The third kappa shape index (κ3) is 3.39. The number of amides is 1. The molecule has 27 heavy (non-hydrogen) atoms. The van der Waals surface area contributed by atoms with E-state index in [1.807, 2.05) is 35.2 Å². The molecule has 1 atom stereocenters. The van der Waals surface area contributed by atoms with Crippen LogP contribution in [0.1, 0.15) is 41.8 Å². The van der Waals surface area contributed by atoms with Crippen molar-refractivity contribution in [2.24, 2.45) is 0 Å². The topological polar surface area (TPSA) is 75.4 Å². The van der Waals surface area contributed by atoms with Crippen LogP contribution in [0.4, 0.5) is 0 Å². The molecule has 6 nitrogen and oxygen atoms in total. The van der Waals surface area contributed by atoms with Crippen molar-refractivity contribution in [1.29, 1.82) is 0 Å². The minimum absolute atomic E-state index is 0.0825. The quantitative estimate of drug-likeness (QED) is 0.843. The van der Waals surface area contributed by atoms with Gasteiger partial charge in [-0.05, 0) is 26.2 Å². The van der Waals surface area contributed by atoms with Gasteiger partial charge >= 0.3 is 0 Å². The van der Waals surface area contributed by atoms with Crippen LogP contribution in [0.25, 0.3) is 11.3 Å². The standard InChI is InChI=1S/C21H23N3O3/c1-14-18(19(23-27-14)15-8-4-2-5-9-15)20(25)16-12-17(22-13-16)21(26)24-10-6-3-7-11-24/h2,4-5,8-9,13,17,22H,3,6-7,10-12H2,1H3. The van der Waals surface area contributed by atoms with E-state index in [9.17, 15) is 9.59 Å². The number of piperidine rings is 1. The summed E-state index contributed by atoms with van der Waals surface area (Å²) in [5.41, 5.74) is 2.45. The van der Waals surface area contributed by atoms with E-state index >= 15 is 0 Å². The average molecular weight is 365 g/mol. The maximum atomic E-state index is 13.1. The molecule has 1 amide bonds. The number of aryl methyl sites for hydroxylation is 1. The molecule has 4 rings (SSSR count). The summed E-state index contributed by atoms with van der Waals surface area (Å²) in [5.74, 6) is 0.443. The van der Waals surface area contributed by atoms with E-state index in [4.69, 9.17) is 4.52 Å². The molecule has 0 radical (unpaired) electrons. The Morgan fingerprint density at radius 2 is 1.89 bits per heavy atom. The van der Waals surface area contributed by atoms with Crippen LogP contribution in [0.5, 0.6) is 0 Å². The first-order valence-corrected chi connectivity index (χ1v) is 9.45. The smallest absolute Gasteiger partial charge is 0.245 e. The first kappa shape index (κ1) is 17.5. The predicted octanol–water partition coefficient (Wildman–Crippen LogP) is 3.09. The minimum Gasteiger partial charge on any atom is -0.379 e. The fraction of sp³-hybridized carbons (Fsp3) is 0.381. The van der Waals surface area contributed by atoms with Gasteiger partial charge in [0.25, 0.3) is 0 Å². The molecule has 140 valence electrons. The fourth-order valence-corrected chi connectivity index (χ4v) is 3.78. The summed E-state index contributed by atoms with van der Waals surface area (Å²) in [5, 5.41) is 7.19. The molecule has 3 heterocycles. The van der Waals surface area contributed by atoms with E-state index in [0.29, 0.717) is 29.0 Å². The lowest BCUT2D eigenvalue weighted by Gasteiger charge is -2.29. The minimum atomic E-state index is -0.359. The first-order chi connectivity index (χ1) is 13.1. The number of nitrogens with one attached hydrogen (secondary N) is 1. The fourth-order valence-electron chi connectivity index (χ4n) is 3.78. The lowest BCUT2D eigenvalue weighted by atomic mass is 9.96. The monoisotopic (exact) mass is 365 g/mol. The Kier molecular flexibility index (Phi) is 4.79. The highest BCUT2D eigenvalue weighted by Gasteiger charge is 2.33. The number of benzene rings is 1. The van der Waals surface area contributed by atoms with Gasteiger partial charge < -0.3 is 14.7 Å². The lowest BCUT2D eigenvalue weighted by molar-refractivity contribution is -0.133. The van der Waals surface area contributed by atoms with Gasteiger partial charge in [-0.2, -0.15) is 0 Å². The number of hydrogen-bond donors (Lipinski definition) is 1. The molecule has 0 saturated carbocycles. The highest BCUT2D eigenvalue weighted by atomic mass is 16.5. The molecule has 2 aliphatic heterocycles. The maximum Gasteiger partial charge on any atom is 0.245 e. The molecule has 1 saturated heterocycles. The molecule has 0 spiro atoms. The third-order valence-corrected chi connectivity index (χ3v) is 5.28. The summed E-state index contributed by atoms with van der Waals surface area (Å²) in [4.78, 5) is 27.7. The Labute approximate surface area is 158 Å². The summed E-state index contributed by atoms with van der Waals surface area (Å²) >= 11 is 0. The third-order valence-electron chi connectivity index (χ3n) is 5.28. The van der Waals surface area contributed by atoms with Gasteiger partial charge in [0.15, 0.2) is 5.78 Å². The van der Waals surface area contributed by atoms with E-state index in [0.717, 1.165) is 31.5 Å². The summed E-state index contributed by atoms with van der Waals surface area (Å²) < 4.78 is 5.31. The number of Topliss-reactive ketones (excluding diaryl/α,β-unsaturated/α-hetero) is 1. The summed E-state index contributed by atoms with van der Waals surface area (Å²) in [6, 6.07) is 9.16. The van der Waals surface area contributed by atoms with Gasteiger partial charge in [0.2, 0.25) is 5.91 Å². The Morgan fingerprint density at radius 3 is 2.63 bits per heavy atom. The Balaban J connectivity index is 1.51. The van der Waals surface area contributed by atoms with Gasteiger partial charge in [-0.25, -0.2) is 0 Å². The number of rotatable bonds is 4. The number of carbonyl (C=O) groups is 2. The lowest BCUT2D eigenvalue weighted by Crippen LogP contribution is -2.45. The van der Waals surface area contributed by atoms with Crippen LogP contribution in [0.2, 0.25) is 0 Å². The van der Waals surface area contributed by atoms with Crippen LogP contribution in [0.3, 0.4) is 0 Å². The second-order valence-electron chi connectivity index (χ2n) is 7.14. The highest BCUT2D eigenvalue weighted by Crippen LogP contribution is 2.29. The van der Waals surface area contributed by atoms with Crippen LogP contribution >= 0.6 is 0 Å². The van der Waals surface area contributed by atoms with Gasteiger partial charge in [0.1, 0.15) is 17.5 Å². The van der Waals surface area contributed by atoms with Crippen LogP contribution in [-0.2, 0) is 4.79 Å². The molecule has 0 bridgehead atoms. The van der Waals surface area contributed by atoms with Crippen LogP contribution < -0.4 is 5.32 Å². The van der Waals surface area contributed by atoms with Crippen molar-refractivity contribution in [2.75, 3.05) is 13.1 Å². The highest BCUT2D eigenvalue weighted by molar-refractivity contribution is 6.13. The molecule has 1 unspecified atom stereocenters. The molecular formula is C21H23N3O3. The number of likely N-dealkylation sites (tertiary alicyclic amines) is 1. The SMILES string of the molecule is Cc1onc(-c2ccccc2)c1C(=O)C1=CNC(C(=O)N2CCCCC2)C1. The summed E-state index contributed by atoms with van der Waals surface area (Å²) in [6.07, 6.45) is 5.36. The van der Waals surface area contributed by atoms with E-state index < -0.39 is 0 Å². The predicted molar refractivity (Wildman–Crippen MR) is 101 cm³/mol. The molecule has 1 fully saturated rings. The van der Waals surface area contributed by atoms with Crippen molar-refractivity contribution in [3.63, 3.8) is 0 Å². The molecule has 1 N–H and O–H groups in total. The number of aromatic nitrogens is 1. The van der Waals surface area contributed by atoms with Gasteiger partial charge in [-0.3, -0.25) is 9.59 Å². The molecule has 1 aromatic heterocycles. The van der Waals surface area contributed by atoms with Crippen molar-refractivity contribution < 1.29 is 14.1 Å². The molecule has 6 heteroatoms. The zero-order chi connectivity index (χ0) is 18.8. The summed E-state index contributed by atoms with van der Waals surface area (Å²) in [7, 11) is 0. The average Bonchev–Trinajstić information content (AvgIpc) is 3.35. The van der Waals surface area contributed by atoms with Crippen molar-refractivity contribution in [2.45, 2.75) is 38.6 Å². The molecule has 1 aromatic carbocycles. The zero-order valence-electron chi connectivity index (χ0n) is 15.4. The Bertz CT molecular complexity index is 879. The number of ketones is 1.